The monoisotopic (exact) mass is 243 g/mol. The lowest BCUT2D eigenvalue weighted by Crippen LogP contribution is -2.28. The Balaban J connectivity index is 2.78. The van der Waals surface area contributed by atoms with Crippen molar-refractivity contribution >= 4 is 10.0 Å². The number of hydrogen-bond acceptors (Lipinski definition) is 3. The molecule has 0 aromatic heterocycles. The number of benzene rings is 1. The van der Waals surface area contributed by atoms with Crippen molar-refractivity contribution in [3.63, 3.8) is 0 Å². The Bertz CT molecular complexity index is 442. The molecular weight excluding hydrogens is 226 g/mol. The van der Waals surface area contributed by atoms with E-state index in [2.05, 4.69) is 4.72 Å². The Labute approximate surface area is 96.4 Å². The molecule has 0 aliphatic carbocycles. The largest absolute Gasteiger partial charge is 0.508 e. The van der Waals surface area contributed by atoms with Crippen molar-refractivity contribution < 1.29 is 13.5 Å². The minimum absolute atomic E-state index is 0.0496. The van der Waals surface area contributed by atoms with Gasteiger partial charge in [-0.25, -0.2) is 13.1 Å². The molecule has 4 nitrogen and oxygen atoms in total. The van der Waals surface area contributed by atoms with Gasteiger partial charge in [0, 0.05) is 6.54 Å². The van der Waals surface area contributed by atoms with Gasteiger partial charge in [0.2, 0.25) is 10.0 Å². The molecule has 1 unspecified atom stereocenters. The van der Waals surface area contributed by atoms with Gasteiger partial charge < -0.3 is 5.11 Å². The van der Waals surface area contributed by atoms with Gasteiger partial charge >= 0.3 is 0 Å². The summed E-state index contributed by atoms with van der Waals surface area (Å²) in [5.74, 6) is 0.249. The van der Waals surface area contributed by atoms with Gasteiger partial charge in [0.15, 0.2) is 0 Å². The van der Waals surface area contributed by atoms with Crippen molar-refractivity contribution in [3.8, 4) is 5.75 Å². The summed E-state index contributed by atoms with van der Waals surface area (Å²) in [5.41, 5.74) is 0. The van der Waals surface area contributed by atoms with Crippen LogP contribution >= 0.6 is 0 Å². The third kappa shape index (κ3) is 3.50. The zero-order valence-electron chi connectivity index (χ0n) is 9.47. The molecule has 1 aromatic carbocycles. The van der Waals surface area contributed by atoms with Gasteiger partial charge in [0.05, 0.1) is 4.90 Å². The lowest BCUT2D eigenvalue weighted by atomic mass is 10.1. The van der Waals surface area contributed by atoms with Crippen molar-refractivity contribution in [1.82, 2.24) is 4.72 Å². The molecule has 0 saturated carbocycles. The van der Waals surface area contributed by atoms with Gasteiger partial charge in [0.1, 0.15) is 5.75 Å². The normalized spacial score (nSPS) is 13.6. The maximum absolute atomic E-state index is 11.8. The highest BCUT2D eigenvalue weighted by Gasteiger charge is 2.14. The van der Waals surface area contributed by atoms with Gasteiger partial charge in [-0.15, -0.1) is 0 Å². The number of hydrogen-bond donors (Lipinski definition) is 2. The average Bonchev–Trinajstić information content (AvgIpc) is 2.26. The average molecular weight is 243 g/mol. The van der Waals surface area contributed by atoms with Crippen LogP contribution in [0.2, 0.25) is 0 Å². The van der Waals surface area contributed by atoms with Crippen molar-refractivity contribution in [3.05, 3.63) is 24.3 Å². The highest BCUT2D eigenvalue weighted by Crippen LogP contribution is 2.15. The Hall–Kier alpha value is -1.07. The van der Waals surface area contributed by atoms with Gasteiger partial charge in [-0.2, -0.15) is 0 Å². The van der Waals surface area contributed by atoms with Crippen LogP contribution in [0.15, 0.2) is 29.2 Å². The Morgan fingerprint density at radius 2 is 2.12 bits per heavy atom. The van der Waals surface area contributed by atoms with E-state index in [0.29, 0.717) is 12.5 Å². The van der Waals surface area contributed by atoms with E-state index in [0.717, 1.165) is 6.42 Å². The summed E-state index contributed by atoms with van der Waals surface area (Å²) in [6.07, 6.45) is 0.919. The topological polar surface area (TPSA) is 66.4 Å². The summed E-state index contributed by atoms with van der Waals surface area (Å²) in [4.78, 5) is 0.0933. The number of phenolic OH excluding ortho intramolecular Hbond substituents is 1. The molecule has 0 heterocycles. The summed E-state index contributed by atoms with van der Waals surface area (Å²) in [7, 11) is -3.50. The molecule has 0 aliphatic rings. The maximum Gasteiger partial charge on any atom is 0.240 e. The molecule has 0 amide bonds. The van der Waals surface area contributed by atoms with E-state index in [4.69, 9.17) is 0 Å². The quantitative estimate of drug-likeness (QED) is 0.827. The minimum Gasteiger partial charge on any atom is -0.508 e. The number of aromatic hydroxyl groups is 1. The molecule has 16 heavy (non-hydrogen) atoms. The van der Waals surface area contributed by atoms with E-state index in [1.807, 2.05) is 13.8 Å². The van der Waals surface area contributed by atoms with Crippen molar-refractivity contribution in [2.75, 3.05) is 6.54 Å². The number of phenols is 1. The summed E-state index contributed by atoms with van der Waals surface area (Å²) in [6.45, 7) is 4.40. The number of nitrogens with one attached hydrogen (secondary N) is 1. The SMILES string of the molecule is CCC(C)CNS(=O)(=O)c1cccc(O)c1. The highest BCUT2D eigenvalue weighted by atomic mass is 32.2. The first-order valence-corrected chi connectivity index (χ1v) is 6.72. The molecule has 1 atom stereocenters. The Kier molecular flexibility index (Phi) is 4.32. The second-order valence-corrected chi connectivity index (χ2v) is 5.63. The Morgan fingerprint density at radius 1 is 1.44 bits per heavy atom. The zero-order chi connectivity index (χ0) is 12.2. The van der Waals surface area contributed by atoms with Gasteiger partial charge in [-0.05, 0) is 24.1 Å². The zero-order valence-corrected chi connectivity index (χ0v) is 10.3. The molecule has 1 rings (SSSR count). The standard InChI is InChI=1S/C11H17NO3S/c1-3-9(2)8-12-16(14,15)11-6-4-5-10(13)7-11/h4-7,9,12-13H,3,8H2,1-2H3. The first kappa shape index (κ1) is 13.0. The summed E-state index contributed by atoms with van der Waals surface area (Å²) < 4.78 is 26.1. The molecule has 0 spiro atoms. The third-order valence-electron chi connectivity index (χ3n) is 2.45. The molecule has 5 heteroatoms. The third-order valence-corrected chi connectivity index (χ3v) is 3.87. The first-order valence-electron chi connectivity index (χ1n) is 5.24. The molecule has 2 N–H and O–H groups in total. The first-order chi connectivity index (χ1) is 7.45. The van der Waals surface area contributed by atoms with E-state index < -0.39 is 10.0 Å². The summed E-state index contributed by atoms with van der Waals surface area (Å²) in [6, 6.07) is 5.64. The van der Waals surface area contributed by atoms with Crippen molar-refractivity contribution in [2.45, 2.75) is 25.2 Å². The van der Waals surface area contributed by atoms with Crippen LogP contribution in [0.4, 0.5) is 0 Å². The van der Waals surface area contributed by atoms with Crippen LogP contribution in [0.1, 0.15) is 20.3 Å². The molecule has 0 radical (unpaired) electrons. The molecule has 90 valence electrons. The second-order valence-electron chi connectivity index (χ2n) is 3.86. The van der Waals surface area contributed by atoms with Gasteiger partial charge in [-0.1, -0.05) is 26.3 Å². The summed E-state index contributed by atoms with van der Waals surface area (Å²) >= 11 is 0. The lowest BCUT2D eigenvalue weighted by Gasteiger charge is -2.10. The van der Waals surface area contributed by atoms with E-state index in [1.54, 1.807) is 0 Å². The molecular formula is C11H17NO3S. The fourth-order valence-corrected chi connectivity index (χ4v) is 2.33. The van der Waals surface area contributed by atoms with Crippen LogP contribution in [0, 0.1) is 5.92 Å². The second kappa shape index (κ2) is 5.32. The van der Waals surface area contributed by atoms with E-state index in [1.165, 1.54) is 24.3 Å². The molecule has 0 bridgehead atoms. The van der Waals surface area contributed by atoms with Crippen LogP contribution in [0.5, 0.6) is 5.75 Å². The van der Waals surface area contributed by atoms with Gasteiger partial charge in [-0.3, -0.25) is 0 Å². The van der Waals surface area contributed by atoms with Crippen LogP contribution < -0.4 is 4.72 Å². The van der Waals surface area contributed by atoms with Crippen molar-refractivity contribution in [1.29, 1.82) is 0 Å². The highest BCUT2D eigenvalue weighted by molar-refractivity contribution is 7.89. The molecule has 0 fully saturated rings. The van der Waals surface area contributed by atoms with Crippen molar-refractivity contribution in [2.24, 2.45) is 5.92 Å². The fourth-order valence-electron chi connectivity index (χ4n) is 1.13. The Morgan fingerprint density at radius 3 is 2.69 bits per heavy atom. The number of rotatable bonds is 5. The maximum atomic E-state index is 11.8. The van der Waals surface area contributed by atoms with E-state index >= 15 is 0 Å². The minimum atomic E-state index is -3.50. The van der Waals surface area contributed by atoms with Crippen LogP contribution in [-0.2, 0) is 10.0 Å². The van der Waals surface area contributed by atoms with Gasteiger partial charge in [0.25, 0.3) is 0 Å². The van der Waals surface area contributed by atoms with Crippen LogP contribution in [-0.4, -0.2) is 20.1 Å². The smallest absolute Gasteiger partial charge is 0.240 e. The predicted octanol–water partition coefficient (Wildman–Crippen LogP) is 1.72. The number of sulfonamides is 1. The van der Waals surface area contributed by atoms with E-state index in [-0.39, 0.29) is 10.6 Å². The predicted molar refractivity (Wildman–Crippen MR) is 62.8 cm³/mol. The molecule has 0 aliphatic heterocycles. The molecule has 1 aromatic rings. The summed E-state index contributed by atoms with van der Waals surface area (Å²) in [5, 5.41) is 9.21. The molecule has 0 saturated heterocycles. The fraction of sp³-hybridized carbons (Fsp3) is 0.455. The van der Waals surface area contributed by atoms with E-state index in [9.17, 15) is 13.5 Å². The van der Waals surface area contributed by atoms with Crippen LogP contribution in [0.25, 0.3) is 0 Å². The van der Waals surface area contributed by atoms with Crippen LogP contribution in [0.3, 0.4) is 0 Å². The lowest BCUT2D eigenvalue weighted by molar-refractivity contribution is 0.472.